The van der Waals surface area contributed by atoms with E-state index in [2.05, 4.69) is 4.98 Å². The minimum atomic E-state index is 0.408. The van der Waals surface area contributed by atoms with Crippen LogP contribution in [0, 0.1) is 0 Å². The first-order valence-electron chi connectivity index (χ1n) is 5.31. The van der Waals surface area contributed by atoms with Gasteiger partial charge in [-0.15, -0.1) is 11.3 Å². The fraction of sp³-hybridized carbons (Fsp3) is 0.250. The lowest BCUT2D eigenvalue weighted by Crippen LogP contribution is -2.01. The summed E-state index contributed by atoms with van der Waals surface area (Å²) in [5.74, 6) is 1.12. The maximum absolute atomic E-state index is 6.16. The third-order valence-corrected chi connectivity index (χ3v) is 3.40. The molecule has 2 N–H and O–H groups in total. The van der Waals surface area contributed by atoms with Crippen LogP contribution in [0.25, 0.3) is 0 Å². The van der Waals surface area contributed by atoms with Crippen molar-refractivity contribution in [3.63, 3.8) is 0 Å². The van der Waals surface area contributed by atoms with Crippen molar-refractivity contribution in [2.45, 2.75) is 13.2 Å². The van der Waals surface area contributed by atoms with E-state index in [-0.39, 0.29) is 0 Å². The van der Waals surface area contributed by atoms with Crippen LogP contribution in [-0.2, 0) is 13.2 Å². The molecule has 0 unspecified atom stereocenters. The predicted octanol–water partition coefficient (Wildman–Crippen LogP) is 2.84. The van der Waals surface area contributed by atoms with E-state index in [1.54, 1.807) is 24.9 Å². The van der Waals surface area contributed by atoms with Crippen molar-refractivity contribution in [2.24, 2.45) is 5.73 Å². The molecule has 0 spiro atoms. The van der Waals surface area contributed by atoms with E-state index in [9.17, 15) is 0 Å². The van der Waals surface area contributed by atoms with E-state index >= 15 is 0 Å². The molecule has 0 radical (unpaired) electrons. The highest BCUT2D eigenvalue weighted by atomic mass is 35.5. The maximum atomic E-state index is 6.16. The van der Waals surface area contributed by atoms with Gasteiger partial charge >= 0.3 is 0 Å². The molecule has 0 saturated heterocycles. The number of methoxy groups -OCH3 is 1. The Balaban J connectivity index is 2.20. The van der Waals surface area contributed by atoms with Crippen molar-refractivity contribution >= 4 is 22.9 Å². The number of benzene rings is 1. The van der Waals surface area contributed by atoms with Gasteiger partial charge in [0.1, 0.15) is 6.61 Å². The zero-order valence-corrected chi connectivity index (χ0v) is 11.4. The van der Waals surface area contributed by atoms with Crippen LogP contribution >= 0.6 is 22.9 Å². The molecule has 0 saturated carbocycles. The van der Waals surface area contributed by atoms with Gasteiger partial charge in [-0.1, -0.05) is 11.6 Å². The first kappa shape index (κ1) is 13.1. The summed E-state index contributed by atoms with van der Waals surface area (Å²) < 4.78 is 10.9. The average Bonchev–Trinajstić information content (AvgIpc) is 2.89. The highest BCUT2D eigenvalue weighted by Gasteiger charge is 2.12. The van der Waals surface area contributed by atoms with E-state index in [4.69, 9.17) is 26.8 Å². The molecule has 96 valence electrons. The minimum Gasteiger partial charge on any atom is -0.493 e. The van der Waals surface area contributed by atoms with E-state index in [1.165, 1.54) is 11.3 Å². The van der Waals surface area contributed by atoms with E-state index in [0.29, 0.717) is 29.7 Å². The number of rotatable bonds is 5. The number of nitrogens with zero attached hydrogens (tertiary/aromatic N) is 1. The molecule has 0 amide bonds. The van der Waals surface area contributed by atoms with Crippen LogP contribution in [-0.4, -0.2) is 12.1 Å². The molecule has 0 atom stereocenters. The Morgan fingerprint density at radius 1 is 1.44 bits per heavy atom. The molecule has 0 aliphatic rings. The van der Waals surface area contributed by atoms with Gasteiger partial charge in [0, 0.05) is 12.7 Å². The van der Waals surface area contributed by atoms with Gasteiger partial charge in [0.15, 0.2) is 11.5 Å². The summed E-state index contributed by atoms with van der Waals surface area (Å²) >= 11 is 7.69. The second kappa shape index (κ2) is 6.04. The van der Waals surface area contributed by atoms with Gasteiger partial charge in [-0.25, -0.2) is 0 Å². The number of ether oxygens (including phenoxy) is 2. The van der Waals surface area contributed by atoms with Crippen molar-refractivity contribution in [3.8, 4) is 11.5 Å². The van der Waals surface area contributed by atoms with Gasteiger partial charge in [-0.3, -0.25) is 4.98 Å². The lowest BCUT2D eigenvalue weighted by atomic mass is 10.2. The summed E-state index contributed by atoms with van der Waals surface area (Å²) in [5, 5.41) is 0.499. The fourth-order valence-electron chi connectivity index (χ4n) is 1.49. The summed E-state index contributed by atoms with van der Waals surface area (Å²) in [6.07, 6.45) is 1.76. The Kier molecular flexibility index (Phi) is 4.41. The number of halogens is 1. The van der Waals surface area contributed by atoms with Crippen molar-refractivity contribution in [1.29, 1.82) is 0 Å². The summed E-state index contributed by atoms with van der Waals surface area (Å²) in [4.78, 5) is 5.01. The van der Waals surface area contributed by atoms with Crippen LogP contribution in [0.1, 0.15) is 10.4 Å². The normalized spacial score (nSPS) is 10.4. The molecule has 1 heterocycles. The number of nitrogens with two attached hydrogens (primary N) is 1. The topological polar surface area (TPSA) is 57.4 Å². The third kappa shape index (κ3) is 2.93. The second-order valence-electron chi connectivity index (χ2n) is 3.57. The molecule has 0 aliphatic carbocycles. The number of aromatic nitrogens is 1. The van der Waals surface area contributed by atoms with Gasteiger partial charge < -0.3 is 15.2 Å². The van der Waals surface area contributed by atoms with Crippen molar-refractivity contribution in [1.82, 2.24) is 4.98 Å². The molecule has 4 nitrogen and oxygen atoms in total. The van der Waals surface area contributed by atoms with Crippen LogP contribution in [0.15, 0.2) is 23.8 Å². The molecular formula is C12H13ClN2O2S. The Bertz CT molecular complexity index is 517. The molecule has 6 heteroatoms. The lowest BCUT2D eigenvalue weighted by Gasteiger charge is -2.13. The highest BCUT2D eigenvalue weighted by molar-refractivity contribution is 7.09. The summed E-state index contributed by atoms with van der Waals surface area (Å²) in [6.45, 7) is 0.827. The zero-order chi connectivity index (χ0) is 13.0. The molecule has 2 rings (SSSR count). The van der Waals surface area contributed by atoms with Gasteiger partial charge in [0.05, 0.1) is 22.5 Å². The molecule has 0 aliphatic heterocycles. The van der Waals surface area contributed by atoms with E-state index in [0.717, 1.165) is 10.4 Å². The lowest BCUT2D eigenvalue weighted by molar-refractivity contribution is 0.287. The van der Waals surface area contributed by atoms with E-state index < -0.39 is 0 Å². The molecule has 0 bridgehead atoms. The number of thiazole rings is 1. The molecule has 18 heavy (non-hydrogen) atoms. The van der Waals surface area contributed by atoms with Crippen molar-refractivity contribution < 1.29 is 9.47 Å². The van der Waals surface area contributed by atoms with Gasteiger partial charge in [0.25, 0.3) is 0 Å². The van der Waals surface area contributed by atoms with Crippen molar-refractivity contribution in [3.05, 3.63) is 39.3 Å². The van der Waals surface area contributed by atoms with Crippen LogP contribution in [0.5, 0.6) is 11.5 Å². The zero-order valence-electron chi connectivity index (χ0n) is 9.85. The quantitative estimate of drug-likeness (QED) is 0.917. The van der Waals surface area contributed by atoms with Crippen LogP contribution in [0.4, 0.5) is 0 Å². The van der Waals surface area contributed by atoms with Crippen LogP contribution in [0.3, 0.4) is 0 Å². The first-order valence-corrected chi connectivity index (χ1v) is 6.57. The largest absolute Gasteiger partial charge is 0.493 e. The molecule has 1 aromatic heterocycles. The predicted molar refractivity (Wildman–Crippen MR) is 72.3 cm³/mol. The Morgan fingerprint density at radius 2 is 2.28 bits per heavy atom. The molecule has 2 aromatic rings. The Labute approximate surface area is 114 Å². The highest BCUT2D eigenvalue weighted by Crippen LogP contribution is 2.36. The molecule has 0 fully saturated rings. The smallest absolute Gasteiger partial charge is 0.180 e. The summed E-state index contributed by atoms with van der Waals surface area (Å²) in [6, 6.07) is 3.61. The third-order valence-electron chi connectivity index (χ3n) is 2.37. The first-order chi connectivity index (χ1) is 8.74. The number of hydrogen-bond donors (Lipinski definition) is 1. The SMILES string of the molecule is COc1cc(CN)cc(Cl)c1OCc1cncs1. The van der Waals surface area contributed by atoms with Crippen LogP contribution < -0.4 is 15.2 Å². The van der Waals surface area contributed by atoms with E-state index in [1.807, 2.05) is 6.07 Å². The minimum absolute atomic E-state index is 0.408. The van der Waals surface area contributed by atoms with Gasteiger partial charge in [0.2, 0.25) is 0 Å². The summed E-state index contributed by atoms with van der Waals surface area (Å²) in [5.41, 5.74) is 8.25. The monoisotopic (exact) mass is 284 g/mol. The Morgan fingerprint density at radius 3 is 2.89 bits per heavy atom. The van der Waals surface area contributed by atoms with Crippen LogP contribution in [0.2, 0.25) is 5.02 Å². The number of hydrogen-bond acceptors (Lipinski definition) is 5. The van der Waals surface area contributed by atoms with Crippen molar-refractivity contribution in [2.75, 3.05) is 7.11 Å². The maximum Gasteiger partial charge on any atom is 0.180 e. The Hall–Kier alpha value is -1.30. The second-order valence-corrected chi connectivity index (χ2v) is 4.95. The molecular weight excluding hydrogens is 272 g/mol. The average molecular weight is 285 g/mol. The summed E-state index contributed by atoms with van der Waals surface area (Å²) in [7, 11) is 1.57. The van der Waals surface area contributed by atoms with Gasteiger partial charge in [-0.2, -0.15) is 0 Å². The molecule has 1 aromatic carbocycles. The standard InChI is InChI=1S/C12H13ClN2O2S/c1-16-11-3-8(4-14)2-10(13)12(11)17-6-9-5-15-7-18-9/h2-3,5,7H,4,6,14H2,1H3. The van der Waals surface area contributed by atoms with Gasteiger partial charge in [-0.05, 0) is 17.7 Å². The fourth-order valence-corrected chi connectivity index (χ4v) is 2.28.